The molecule has 7 nitrogen and oxygen atoms in total. The molecule has 1 aromatic carbocycles. The van der Waals surface area contributed by atoms with Crippen LogP contribution in [0.2, 0.25) is 5.02 Å². The average Bonchev–Trinajstić information content (AvgIpc) is 3.11. The van der Waals surface area contributed by atoms with Crippen molar-refractivity contribution in [2.45, 2.75) is 51.7 Å². The Bertz CT molecular complexity index is 1190. The molecule has 0 saturated heterocycles. The van der Waals surface area contributed by atoms with E-state index in [0.29, 0.717) is 24.3 Å². The van der Waals surface area contributed by atoms with Crippen molar-refractivity contribution in [1.82, 2.24) is 25.2 Å². The fraction of sp³-hybridized carbons (Fsp3) is 0.400. The van der Waals surface area contributed by atoms with E-state index in [0.717, 1.165) is 24.8 Å². The van der Waals surface area contributed by atoms with E-state index in [9.17, 15) is 18.0 Å². The van der Waals surface area contributed by atoms with E-state index in [1.54, 1.807) is 11.6 Å². The molecule has 1 N–H and O–H groups in total. The molecule has 2 atom stereocenters. The molecule has 164 valence electrons. The lowest BCUT2D eigenvalue weighted by Crippen LogP contribution is -2.40. The van der Waals surface area contributed by atoms with Crippen LogP contribution in [-0.2, 0) is 18.9 Å². The molecule has 0 radical (unpaired) electrons. The van der Waals surface area contributed by atoms with Crippen LogP contribution < -0.4 is 10.5 Å². The molecule has 0 amide bonds. The number of rotatable bonds is 4. The number of hydrogen-bond acceptors (Lipinski definition) is 5. The Kier molecular flexibility index (Phi) is 5.28. The molecule has 0 saturated carbocycles. The van der Waals surface area contributed by atoms with Gasteiger partial charge in [0, 0.05) is 24.9 Å². The van der Waals surface area contributed by atoms with Crippen molar-refractivity contribution < 1.29 is 13.2 Å². The predicted octanol–water partition coefficient (Wildman–Crippen LogP) is 3.83. The third kappa shape index (κ3) is 3.80. The Morgan fingerprint density at radius 1 is 1.35 bits per heavy atom. The van der Waals surface area contributed by atoms with Crippen LogP contribution in [0.4, 0.5) is 18.9 Å². The first-order chi connectivity index (χ1) is 14.6. The summed E-state index contributed by atoms with van der Waals surface area (Å²) in [5.74, 6) is -3.93. The second-order valence-corrected chi connectivity index (χ2v) is 8.18. The number of halogens is 4. The zero-order valence-corrected chi connectivity index (χ0v) is 17.8. The molecular formula is C20H20ClF3N6O. The lowest BCUT2D eigenvalue weighted by Gasteiger charge is -2.35. The number of aromatic nitrogens is 5. The molecule has 1 aliphatic heterocycles. The van der Waals surface area contributed by atoms with E-state index in [2.05, 4.69) is 20.5 Å². The van der Waals surface area contributed by atoms with Crippen LogP contribution in [0.5, 0.6) is 0 Å². The summed E-state index contributed by atoms with van der Waals surface area (Å²) in [5.41, 5.74) is 1.33. The lowest BCUT2D eigenvalue weighted by molar-refractivity contribution is 0.0157. The highest BCUT2D eigenvalue weighted by molar-refractivity contribution is 6.33. The Balaban J connectivity index is 1.71. The van der Waals surface area contributed by atoms with Crippen LogP contribution in [0.15, 0.2) is 29.2 Å². The maximum Gasteiger partial charge on any atom is 0.285 e. The average molecular weight is 453 g/mol. The predicted molar refractivity (Wildman–Crippen MR) is 109 cm³/mol. The largest absolute Gasteiger partial charge is 0.360 e. The summed E-state index contributed by atoms with van der Waals surface area (Å²) >= 11 is 6.16. The van der Waals surface area contributed by atoms with Crippen LogP contribution in [0.1, 0.15) is 49.3 Å². The van der Waals surface area contributed by atoms with Crippen LogP contribution in [0, 0.1) is 5.82 Å². The number of nitrogens with zero attached hydrogens (tertiary/aromatic N) is 5. The molecule has 2 aromatic heterocycles. The Morgan fingerprint density at radius 3 is 2.81 bits per heavy atom. The van der Waals surface area contributed by atoms with Gasteiger partial charge in [-0.3, -0.25) is 4.79 Å². The molecule has 11 heteroatoms. The number of benzene rings is 1. The van der Waals surface area contributed by atoms with E-state index in [1.807, 2.05) is 11.8 Å². The fourth-order valence-corrected chi connectivity index (χ4v) is 4.20. The molecule has 0 aliphatic carbocycles. The van der Waals surface area contributed by atoms with E-state index in [-0.39, 0.29) is 22.2 Å². The van der Waals surface area contributed by atoms with Crippen LogP contribution in [0.3, 0.4) is 0 Å². The van der Waals surface area contributed by atoms with Gasteiger partial charge in [0.05, 0.1) is 30.2 Å². The quantitative estimate of drug-likeness (QED) is 0.651. The standard InChI is InChI=1S/C20H20ClF3N6O/c1-10-6-16-15(9-29(10)17-8-25-27-19(31)18(17)21)26-28-30(16)11(2)13-5-4-12(22)7-14(13)20(3,23)24/h4-5,7-8,10-11H,6,9H2,1-3H3,(H,27,31)/t10-,11+/m1/s1. The van der Waals surface area contributed by atoms with Crippen LogP contribution in [0.25, 0.3) is 0 Å². The third-order valence-electron chi connectivity index (χ3n) is 5.60. The number of alkyl halides is 2. The summed E-state index contributed by atoms with van der Waals surface area (Å²) in [6.07, 6.45) is 1.97. The van der Waals surface area contributed by atoms with Gasteiger partial charge in [-0.1, -0.05) is 22.9 Å². The van der Waals surface area contributed by atoms with Crippen molar-refractivity contribution in [2.75, 3.05) is 4.90 Å². The minimum atomic E-state index is -3.21. The summed E-state index contributed by atoms with van der Waals surface area (Å²) in [6.45, 7) is 4.75. The minimum Gasteiger partial charge on any atom is -0.360 e. The SMILES string of the molecule is C[C@@H]1Cc2c(nnn2[C@@H](C)c2ccc(F)cc2C(C)(F)F)CN1c1cn[nH]c(=O)c1Cl. The zero-order valence-electron chi connectivity index (χ0n) is 17.0. The summed E-state index contributed by atoms with van der Waals surface area (Å²) in [5, 5.41) is 14.6. The lowest BCUT2D eigenvalue weighted by atomic mass is 9.96. The van der Waals surface area contributed by atoms with Crippen molar-refractivity contribution >= 4 is 17.3 Å². The minimum absolute atomic E-state index is 0.0344. The van der Waals surface area contributed by atoms with Crippen molar-refractivity contribution in [3.63, 3.8) is 0 Å². The maximum atomic E-state index is 14.1. The summed E-state index contributed by atoms with van der Waals surface area (Å²) in [4.78, 5) is 13.7. The van der Waals surface area contributed by atoms with Gasteiger partial charge >= 0.3 is 0 Å². The number of fused-ring (bicyclic) bond motifs is 1. The first-order valence-corrected chi connectivity index (χ1v) is 10.1. The van der Waals surface area contributed by atoms with Gasteiger partial charge in [0.1, 0.15) is 16.5 Å². The maximum absolute atomic E-state index is 14.1. The zero-order chi connectivity index (χ0) is 22.5. The second kappa shape index (κ2) is 7.67. The van der Waals surface area contributed by atoms with E-state index < -0.39 is 23.3 Å². The molecule has 31 heavy (non-hydrogen) atoms. The number of hydrogen-bond donors (Lipinski definition) is 1. The monoisotopic (exact) mass is 452 g/mol. The summed E-state index contributed by atoms with van der Waals surface area (Å²) in [6, 6.07) is 2.72. The first-order valence-electron chi connectivity index (χ1n) is 9.68. The van der Waals surface area contributed by atoms with E-state index >= 15 is 0 Å². The van der Waals surface area contributed by atoms with Gasteiger partial charge in [-0.05, 0) is 31.5 Å². The molecule has 3 heterocycles. The molecular weight excluding hydrogens is 433 g/mol. The highest BCUT2D eigenvalue weighted by atomic mass is 35.5. The highest BCUT2D eigenvalue weighted by Crippen LogP contribution is 2.36. The fourth-order valence-electron chi connectivity index (χ4n) is 4.00. The second-order valence-electron chi connectivity index (χ2n) is 7.80. The molecule has 0 spiro atoms. The van der Waals surface area contributed by atoms with E-state index in [4.69, 9.17) is 11.6 Å². The Labute approximate surface area is 180 Å². The van der Waals surface area contributed by atoms with Gasteiger partial charge < -0.3 is 4.90 Å². The van der Waals surface area contributed by atoms with Gasteiger partial charge in [0.2, 0.25) is 0 Å². The summed E-state index contributed by atoms with van der Waals surface area (Å²) in [7, 11) is 0. The van der Waals surface area contributed by atoms with E-state index in [1.165, 1.54) is 12.3 Å². The third-order valence-corrected chi connectivity index (χ3v) is 5.97. The molecule has 0 unspecified atom stereocenters. The van der Waals surface area contributed by atoms with Crippen molar-refractivity contribution in [1.29, 1.82) is 0 Å². The van der Waals surface area contributed by atoms with Gasteiger partial charge in [0.25, 0.3) is 11.5 Å². The van der Waals surface area contributed by atoms with Crippen LogP contribution in [-0.4, -0.2) is 31.2 Å². The normalized spacial score (nSPS) is 17.5. The molecule has 4 rings (SSSR count). The van der Waals surface area contributed by atoms with Gasteiger partial charge in [-0.2, -0.15) is 5.10 Å². The Morgan fingerprint density at radius 2 is 2.10 bits per heavy atom. The molecule has 3 aromatic rings. The highest BCUT2D eigenvalue weighted by Gasteiger charge is 2.34. The molecule has 0 fully saturated rings. The number of H-pyrrole nitrogens is 1. The van der Waals surface area contributed by atoms with Gasteiger partial charge in [-0.15, -0.1) is 5.10 Å². The number of anilines is 1. The molecule has 1 aliphatic rings. The summed E-state index contributed by atoms with van der Waals surface area (Å²) < 4.78 is 43.5. The topological polar surface area (TPSA) is 79.7 Å². The first kappa shape index (κ1) is 21.4. The smallest absolute Gasteiger partial charge is 0.285 e. The van der Waals surface area contributed by atoms with Crippen molar-refractivity contribution in [3.8, 4) is 0 Å². The number of aromatic amines is 1. The van der Waals surface area contributed by atoms with Crippen molar-refractivity contribution in [3.05, 3.63) is 68.1 Å². The molecule has 0 bridgehead atoms. The number of nitrogens with one attached hydrogen (secondary N) is 1. The Hall–Kier alpha value is -2.88. The van der Waals surface area contributed by atoms with Crippen molar-refractivity contribution in [2.24, 2.45) is 0 Å². The van der Waals surface area contributed by atoms with Gasteiger partial charge in [0.15, 0.2) is 0 Å². The van der Waals surface area contributed by atoms with Crippen LogP contribution >= 0.6 is 11.6 Å². The van der Waals surface area contributed by atoms with Gasteiger partial charge in [-0.25, -0.2) is 23.0 Å².